The number of halogens is 1. The van der Waals surface area contributed by atoms with E-state index in [0.717, 1.165) is 26.2 Å². The number of alkyl halides is 1. The smallest absolute Gasteiger partial charge is 0.153 e. The van der Waals surface area contributed by atoms with Crippen molar-refractivity contribution in [2.24, 2.45) is 0 Å². The molecule has 66 valence electrons. The summed E-state index contributed by atoms with van der Waals surface area (Å²) in [6, 6.07) is 0. The zero-order chi connectivity index (χ0) is 8.27. The van der Waals surface area contributed by atoms with Gasteiger partial charge in [0.05, 0.1) is 0 Å². The third-order valence-corrected chi connectivity index (χ3v) is 2.27. The van der Waals surface area contributed by atoms with E-state index in [2.05, 4.69) is 11.9 Å². The lowest BCUT2D eigenvalue weighted by molar-refractivity contribution is 0.0373. The Balaban J connectivity index is 2.27. The van der Waals surface area contributed by atoms with Crippen molar-refractivity contribution in [2.45, 2.75) is 19.6 Å². The van der Waals surface area contributed by atoms with Gasteiger partial charge < -0.3 is 4.90 Å². The quantitative estimate of drug-likeness (QED) is 0.555. The molecule has 0 aromatic carbocycles. The van der Waals surface area contributed by atoms with E-state index in [9.17, 15) is 4.39 Å². The van der Waals surface area contributed by atoms with Gasteiger partial charge in [0.15, 0.2) is 6.30 Å². The third kappa shape index (κ3) is 2.42. The third-order valence-electron chi connectivity index (χ3n) is 2.27. The summed E-state index contributed by atoms with van der Waals surface area (Å²) < 4.78 is 13.1. The van der Waals surface area contributed by atoms with E-state index in [-0.39, 0.29) is 0 Å². The normalized spacial score (nSPS) is 25.4. The summed E-state index contributed by atoms with van der Waals surface area (Å²) in [6.07, 6.45) is -0.104. The SMILES string of the molecule is CCC(F)N1CCN(C)CC1. The van der Waals surface area contributed by atoms with E-state index >= 15 is 0 Å². The molecule has 0 aromatic rings. The van der Waals surface area contributed by atoms with Crippen LogP contribution in [0.1, 0.15) is 13.3 Å². The van der Waals surface area contributed by atoms with Crippen molar-refractivity contribution in [1.29, 1.82) is 0 Å². The van der Waals surface area contributed by atoms with Crippen LogP contribution >= 0.6 is 0 Å². The molecule has 11 heavy (non-hydrogen) atoms. The molecule has 1 saturated heterocycles. The van der Waals surface area contributed by atoms with Crippen LogP contribution in [0.4, 0.5) is 4.39 Å². The Labute approximate surface area is 68.0 Å². The maximum absolute atomic E-state index is 13.1. The molecule has 1 aliphatic heterocycles. The molecule has 0 radical (unpaired) electrons. The van der Waals surface area contributed by atoms with Gasteiger partial charge in [0.25, 0.3) is 0 Å². The van der Waals surface area contributed by atoms with Gasteiger partial charge in [0.1, 0.15) is 0 Å². The van der Waals surface area contributed by atoms with Crippen molar-refractivity contribution < 1.29 is 4.39 Å². The second-order valence-corrected chi connectivity index (χ2v) is 3.18. The molecule has 0 aromatic heterocycles. The van der Waals surface area contributed by atoms with Gasteiger partial charge >= 0.3 is 0 Å². The van der Waals surface area contributed by atoms with Gasteiger partial charge in [-0.25, -0.2) is 4.39 Å². The van der Waals surface area contributed by atoms with Gasteiger partial charge in [0, 0.05) is 26.2 Å². The first-order chi connectivity index (χ1) is 5.24. The average molecular weight is 160 g/mol. The molecular formula is C8H17FN2. The van der Waals surface area contributed by atoms with Crippen LogP contribution in [0.3, 0.4) is 0 Å². The van der Waals surface area contributed by atoms with Crippen LogP contribution in [0, 0.1) is 0 Å². The minimum absolute atomic E-state index is 0.615. The summed E-state index contributed by atoms with van der Waals surface area (Å²) >= 11 is 0. The van der Waals surface area contributed by atoms with E-state index in [4.69, 9.17) is 0 Å². The standard InChI is InChI=1S/C8H17FN2/c1-3-8(9)11-6-4-10(2)5-7-11/h8H,3-7H2,1-2H3. The molecule has 1 fully saturated rings. The van der Waals surface area contributed by atoms with Crippen LogP contribution in [0.15, 0.2) is 0 Å². The number of piperazine rings is 1. The molecule has 1 rings (SSSR count). The molecule has 0 N–H and O–H groups in total. The van der Waals surface area contributed by atoms with E-state index < -0.39 is 6.30 Å². The highest BCUT2D eigenvalue weighted by atomic mass is 19.1. The Kier molecular flexibility index (Phi) is 3.27. The molecule has 0 bridgehead atoms. The number of hydrogen-bond donors (Lipinski definition) is 0. The lowest BCUT2D eigenvalue weighted by Gasteiger charge is -2.33. The van der Waals surface area contributed by atoms with Crippen LogP contribution in [0.5, 0.6) is 0 Å². The van der Waals surface area contributed by atoms with Crippen molar-refractivity contribution in [3.05, 3.63) is 0 Å². The highest BCUT2D eigenvalue weighted by molar-refractivity contribution is 4.70. The predicted molar refractivity (Wildman–Crippen MR) is 44.3 cm³/mol. The van der Waals surface area contributed by atoms with Crippen molar-refractivity contribution in [1.82, 2.24) is 9.80 Å². The van der Waals surface area contributed by atoms with E-state index in [1.165, 1.54) is 0 Å². The molecule has 1 unspecified atom stereocenters. The van der Waals surface area contributed by atoms with Crippen molar-refractivity contribution in [3.63, 3.8) is 0 Å². The Hall–Kier alpha value is -0.150. The Bertz CT molecular complexity index is 111. The minimum Gasteiger partial charge on any atom is -0.304 e. The highest BCUT2D eigenvalue weighted by Gasteiger charge is 2.19. The molecule has 0 spiro atoms. The fourth-order valence-electron chi connectivity index (χ4n) is 1.36. The molecule has 1 heterocycles. The monoisotopic (exact) mass is 160 g/mol. The second-order valence-electron chi connectivity index (χ2n) is 3.18. The second kappa shape index (κ2) is 4.02. The number of rotatable bonds is 2. The molecule has 0 aliphatic carbocycles. The van der Waals surface area contributed by atoms with E-state index in [0.29, 0.717) is 6.42 Å². The molecule has 0 saturated carbocycles. The summed E-state index contributed by atoms with van der Waals surface area (Å²) in [5, 5.41) is 0. The Morgan fingerprint density at radius 1 is 1.27 bits per heavy atom. The maximum atomic E-state index is 13.1. The molecule has 1 aliphatic rings. The lowest BCUT2D eigenvalue weighted by Crippen LogP contribution is -2.47. The summed E-state index contributed by atoms with van der Waals surface area (Å²) in [6.45, 7) is 5.65. The molecule has 2 nitrogen and oxygen atoms in total. The summed E-state index contributed by atoms with van der Waals surface area (Å²) in [5.41, 5.74) is 0. The van der Waals surface area contributed by atoms with Crippen LogP contribution < -0.4 is 0 Å². The van der Waals surface area contributed by atoms with Gasteiger partial charge in [-0.2, -0.15) is 0 Å². The van der Waals surface area contributed by atoms with Crippen molar-refractivity contribution in [3.8, 4) is 0 Å². The van der Waals surface area contributed by atoms with Crippen LogP contribution in [0.2, 0.25) is 0 Å². The van der Waals surface area contributed by atoms with Gasteiger partial charge in [-0.3, -0.25) is 4.90 Å². The minimum atomic E-state index is -0.719. The topological polar surface area (TPSA) is 6.48 Å². The van der Waals surface area contributed by atoms with Crippen LogP contribution in [0.25, 0.3) is 0 Å². The summed E-state index contributed by atoms with van der Waals surface area (Å²) in [4.78, 5) is 4.15. The van der Waals surface area contributed by atoms with Gasteiger partial charge in [-0.1, -0.05) is 6.92 Å². The van der Waals surface area contributed by atoms with Gasteiger partial charge in [-0.15, -0.1) is 0 Å². The van der Waals surface area contributed by atoms with Gasteiger partial charge in [0.2, 0.25) is 0 Å². The highest BCUT2D eigenvalue weighted by Crippen LogP contribution is 2.08. The number of likely N-dealkylation sites (N-methyl/N-ethyl adjacent to an activating group) is 1. The zero-order valence-corrected chi connectivity index (χ0v) is 7.39. The van der Waals surface area contributed by atoms with Gasteiger partial charge in [-0.05, 0) is 13.5 Å². The van der Waals surface area contributed by atoms with Crippen LogP contribution in [-0.2, 0) is 0 Å². The first-order valence-corrected chi connectivity index (χ1v) is 4.30. The molecule has 0 amide bonds. The fraction of sp³-hybridized carbons (Fsp3) is 1.00. The maximum Gasteiger partial charge on any atom is 0.153 e. The zero-order valence-electron chi connectivity index (χ0n) is 7.39. The predicted octanol–water partition coefficient (Wildman–Crippen LogP) is 0.939. The van der Waals surface area contributed by atoms with Crippen LogP contribution in [-0.4, -0.2) is 49.3 Å². The summed E-state index contributed by atoms with van der Waals surface area (Å²) in [5.74, 6) is 0. The Morgan fingerprint density at radius 3 is 2.27 bits per heavy atom. The first-order valence-electron chi connectivity index (χ1n) is 4.30. The molecule has 3 heteroatoms. The largest absolute Gasteiger partial charge is 0.304 e. The molecular weight excluding hydrogens is 143 g/mol. The number of hydrogen-bond acceptors (Lipinski definition) is 2. The van der Waals surface area contributed by atoms with Crippen molar-refractivity contribution >= 4 is 0 Å². The van der Waals surface area contributed by atoms with E-state index in [1.54, 1.807) is 0 Å². The molecule has 1 atom stereocenters. The first kappa shape index (κ1) is 8.94. The lowest BCUT2D eigenvalue weighted by atomic mass is 10.3. The summed E-state index contributed by atoms with van der Waals surface area (Å²) in [7, 11) is 2.08. The number of nitrogens with zero attached hydrogens (tertiary/aromatic N) is 2. The Morgan fingerprint density at radius 2 is 1.82 bits per heavy atom. The fourth-order valence-corrected chi connectivity index (χ4v) is 1.36. The van der Waals surface area contributed by atoms with E-state index in [1.807, 2.05) is 11.8 Å². The van der Waals surface area contributed by atoms with Crippen molar-refractivity contribution in [2.75, 3.05) is 33.2 Å². The average Bonchev–Trinajstić information content (AvgIpc) is 2.05.